The van der Waals surface area contributed by atoms with Crippen molar-refractivity contribution in [3.05, 3.63) is 52.6 Å². The zero-order valence-electron chi connectivity index (χ0n) is 13.0. The number of carbonyl (C=O) groups excluding carboxylic acids is 1. The molecule has 0 aliphatic rings. The third-order valence-corrected chi connectivity index (χ3v) is 3.88. The molecule has 0 aliphatic heterocycles. The standard InChI is InChI=1S/C17H19BrN2O3/c1-17(22,9-8-12-6-4-3-5-7-12)16(21)19-13-10-14(18)20-15(11-13)23-2/h3-7,10-11,22H,8-9H2,1-2H3,(H,19,20,21). The molecule has 6 heteroatoms. The number of aliphatic hydroxyl groups is 1. The van der Waals surface area contributed by atoms with Crippen LogP contribution in [0, 0.1) is 0 Å². The van der Waals surface area contributed by atoms with Crippen molar-refractivity contribution in [3.8, 4) is 5.88 Å². The number of nitrogens with zero attached hydrogens (tertiary/aromatic N) is 1. The van der Waals surface area contributed by atoms with Crippen molar-refractivity contribution in [1.29, 1.82) is 0 Å². The van der Waals surface area contributed by atoms with E-state index in [-0.39, 0.29) is 0 Å². The molecule has 0 bridgehead atoms. The summed E-state index contributed by atoms with van der Waals surface area (Å²) in [6.07, 6.45) is 0.941. The number of nitrogens with one attached hydrogen (secondary N) is 1. The quantitative estimate of drug-likeness (QED) is 0.757. The lowest BCUT2D eigenvalue weighted by Gasteiger charge is -2.22. The lowest BCUT2D eigenvalue weighted by Crippen LogP contribution is -2.40. The van der Waals surface area contributed by atoms with Gasteiger partial charge in [0.2, 0.25) is 5.88 Å². The highest BCUT2D eigenvalue weighted by molar-refractivity contribution is 9.10. The van der Waals surface area contributed by atoms with Crippen LogP contribution < -0.4 is 10.1 Å². The van der Waals surface area contributed by atoms with Gasteiger partial charge in [0.1, 0.15) is 10.2 Å². The van der Waals surface area contributed by atoms with Crippen LogP contribution in [-0.2, 0) is 11.2 Å². The van der Waals surface area contributed by atoms with Gasteiger partial charge >= 0.3 is 0 Å². The van der Waals surface area contributed by atoms with Crippen molar-refractivity contribution in [2.45, 2.75) is 25.4 Å². The van der Waals surface area contributed by atoms with Crippen LogP contribution in [0.25, 0.3) is 0 Å². The second-order valence-corrected chi connectivity index (χ2v) is 6.25. The van der Waals surface area contributed by atoms with E-state index in [1.807, 2.05) is 30.3 Å². The fraction of sp³-hybridized carbons (Fsp3) is 0.294. The van der Waals surface area contributed by atoms with Gasteiger partial charge in [0.05, 0.1) is 7.11 Å². The van der Waals surface area contributed by atoms with Gasteiger partial charge in [-0.05, 0) is 47.3 Å². The van der Waals surface area contributed by atoms with E-state index in [1.165, 1.54) is 14.0 Å². The van der Waals surface area contributed by atoms with Crippen molar-refractivity contribution in [2.75, 3.05) is 12.4 Å². The van der Waals surface area contributed by atoms with Gasteiger partial charge in [-0.3, -0.25) is 4.79 Å². The smallest absolute Gasteiger partial charge is 0.256 e. The summed E-state index contributed by atoms with van der Waals surface area (Å²) in [4.78, 5) is 16.4. The maximum atomic E-state index is 12.3. The van der Waals surface area contributed by atoms with Crippen LogP contribution >= 0.6 is 15.9 Å². The first kappa shape index (κ1) is 17.4. The third kappa shape index (κ3) is 5.04. The van der Waals surface area contributed by atoms with E-state index in [4.69, 9.17) is 4.74 Å². The molecule has 122 valence electrons. The molecule has 5 nitrogen and oxygen atoms in total. The van der Waals surface area contributed by atoms with Gasteiger partial charge in [-0.15, -0.1) is 0 Å². The first-order chi connectivity index (χ1) is 10.9. The summed E-state index contributed by atoms with van der Waals surface area (Å²) in [6.45, 7) is 1.51. The van der Waals surface area contributed by atoms with Gasteiger partial charge in [0.25, 0.3) is 5.91 Å². The van der Waals surface area contributed by atoms with E-state index in [0.717, 1.165) is 5.56 Å². The van der Waals surface area contributed by atoms with Gasteiger partial charge in [-0.2, -0.15) is 0 Å². The molecule has 2 N–H and O–H groups in total. The lowest BCUT2D eigenvalue weighted by molar-refractivity contribution is -0.132. The van der Waals surface area contributed by atoms with E-state index >= 15 is 0 Å². The Hall–Kier alpha value is -1.92. The van der Waals surface area contributed by atoms with Crippen molar-refractivity contribution < 1.29 is 14.6 Å². The fourth-order valence-corrected chi connectivity index (χ4v) is 2.48. The predicted octanol–water partition coefficient (Wildman–Crippen LogP) is 3.18. The number of benzene rings is 1. The van der Waals surface area contributed by atoms with Crippen molar-refractivity contribution >= 4 is 27.5 Å². The van der Waals surface area contributed by atoms with Crippen LogP contribution in [0.2, 0.25) is 0 Å². The number of aryl methyl sites for hydroxylation is 1. The van der Waals surface area contributed by atoms with Crippen LogP contribution in [-0.4, -0.2) is 28.7 Å². The average molecular weight is 379 g/mol. The average Bonchev–Trinajstić information content (AvgIpc) is 2.53. The normalized spacial score (nSPS) is 13.2. The van der Waals surface area contributed by atoms with Gasteiger partial charge in [0, 0.05) is 11.8 Å². The summed E-state index contributed by atoms with van der Waals surface area (Å²) in [6, 6.07) is 13.0. The summed E-state index contributed by atoms with van der Waals surface area (Å²) in [5.41, 5.74) is 0.112. The second-order valence-electron chi connectivity index (χ2n) is 5.43. The monoisotopic (exact) mass is 378 g/mol. The fourth-order valence-electron chi connectivity index (χ4n) is 2.06. The summed E-state index contributed by atoms with van der Waals surface area (Å²) >= 11 is 3.25. The Labute approximate surface area is 143 Å². The zero-order chi connectivity index (χ0) is 16.9. The van der Waals surface area contributed by atoms with Crippen molar-refractivity contribution in [2.24, 2.45) is 0 Å². The number of halogens is 1. The van der Waals surface area contributed by atoms with E-state index in [1.54, 1.807) is 12.1 Å². The minimum absolute atomic E-state index is 0.326. The number of carbonyl (C=O) groups is 1. The predicted molar refractivity (Wildman–Crippen MR) is 92.5 cm³/mol. The molecule has 2 rings (SSSR count). The highest BCUT2D eigenvalue weighted by atomic mass is 79.9. The highest BCUT2D eigenvalue weighted by Gasteiger charge is 2.30. The SMILES string of the molecule is COc1cc(NC(=O)C(C)(O)CCc2ccccc2)cc(Br)n1. The molecular weight excluding hydrogens is 360 g/mol. The molecule has 0 aliphatic carbocycles. The van der Waals surface area contributed by atoms with Crippen molar-refractivity contribution in [3.63, 3.8) is 0 Å². The number of amides is 1. The molecule has 0 fully saturated rings. The Morgan fingerprint density at radius 3 is 2.70 bits per heavy atom. The van der Waals surface area contributed by atoms with Crippen LogP contribution in [0.5, 0.6) is 5.88 Å². The zero-order valence-corrected chi connectivity index (χ0v) is 14.6. The van der Waals surface area contributed by atoms with E-state index in [2.05, 4.69) is 26.2 Å². The number of hydrogen-bond acceptors (Lipinski definition) is 4. The number of methoxy groups -OCH3 is 1. The largest absolute Gasteiger partial charge is 0.481 e. The van der Waals surface area contributed by atoms with E-state index in [0.29, 0.717) is 29.0 Å². The van der Waals surface area contributed by atoms with Gasteiger partial charge < -0.3 is 15.2 Å². The maximum Gasteiger partial charge on any atom is 0.256 e. The second kappa shape index (κ2) is 7.57. The summed E-state index contributed by atoms with van der Waals surface area (Å²) < 4.78 is 5.59. The van der Waals surface area contributed by atoms with Gasteiger partial charge in [-0.1, -0.05) is 30.3 Å². The molecule has 1 atom stereocenters. The van der Waals surface area contributed by atoms with E-state index < -0.39 is 11.5 Å². The molecule has 0 saturated carbocycles. The maximum absolute atomic E-state index is 12.3. The summed E-state index contributed by atoms with van der Waals surface area (Å²) in [5.74, 6) is -0.0906. The molecule has 1 unspecified atom stereocenters. The molecular formula is C17H19BrN2O3. The van der Waals surface area contributed by atoms with Crippen molar-refractivity contribution in [1.82, 2.24) is 4.98 Å². The number of hydrogen-bond donors (Lipinski definition) is 2. The molecule has 1 aromatic carbocycles. The minimum atomic E-state index is -1.47. The lowest BCUT2D eigenvalue weighted by atomic mass is 9.96. The molecule has 0 spiro atoms. The summed E-state index contributed by atoms with van der Waals surface area (Å²) in [7, 11) is 1.50. The number of anilines is 1. The Morgan fingerprint density at radius 2 is 2.04 bits per heavy atom. The van der Waals surface area contributed by atoms with E-state index in [9.17, 15) is 9.90 Å². The number of aromatic nitrogens is 1. The van der Waals surface area contributed by atoms with Crippen LogP contribution in [0.15, 0.2) is 47.1 Å². The molecule has 0 radical (unpaired) electrons. The molecule has 0 saturated heterocycles. The number of pyridine rings is 1. The minimum Gasteiger partial charge on any atom is -0.481 e. The van der Waals surface area contributed by atoms with Crippen LogP contribution in [0.4, 0.5) is 5.69 Å². The first-order valence-electron chi connectivity index (χ1n) is 7.20. The molecule has 1 heterocycles. The van der Waals surface area contributed by atoms with Crippen LogP contribution in [0.1, 0.15) is 18.9 Å². The third-order valence-electron chi connectivity index (χ3n) is 3.47. The molecule has 2 aromatic rings. The van der Waals surface area contributed by atoms with Gasteiger partial charge in [0.15, 0.2) is 0 Å². The van der Waals surface area contributed by atoms with Gasteiger partial charge in [-0.25, -0.2) is 4.98 Å². The Morgan fingerprint density at radius 1 is 1.35 bits per heavy atom. The Kier molecular flexibility index (Phi) is 5.74. The number of rotatable bonds is 6. The topological polar surface area (TPSA) is 71.5 Å². The summed E-state index contributed by atoms with van der Waals surface area (Å²) in [5, 5.41) is 13.1. The molecule has 23 heavy (non-hydrogen) atoms. The number of ether oxygens (including phenoxy) is 1. The Balaban J connectivity index is 2.02. The first-order valence-corrected chi connectivity index (χ1v) is 7.99. The Bertz CT molecular complexity index is 675. The molecule has 1 amide bonds. The highest BCUT2D eigenvalue weighted by Crippen LogP contribution is 2.22. The van der Waals surface area contributed by atoms with Crippen LogP contribution in [0.3, 0.4) is 0 Å². The molecule has 1 aromatic heterocycles.